The summed E-state index contributed by atoms with van der Waals surface area (Å²) in [6.07, 6.45) is 1.82. The maximum atomic E-state index is 4.39. The molecule has 110 valence electrons. The van der Waals surface area contributed by atoms with E-state index in [1.54, 1.807) is 0 Å². The second kappa shape index (κ2) is 7.20. The number of hydrogen-bond acceptors (Lipinski definition) is 2. The van der Waals surface area contributed by atoms with Gasteiger partial charge in [-0.05, 0) is 48.9 Å². The zero-order chi connectivity index (χ0) is 15.9. The van der Waals surface area contributed by atoms with Gasteiger partial charge in [-0.2, -0.15) is 0 Å². The van der Waals surface area contributed by atoms with E-state index in [0.717, 1.165) is 28.2 Å². The normalized spacial score (nSPS) is 10.3. The molecule has 0 bridgehead atoms. The zero-order valence-corrected chi connectivity index (χ0v) is 12.9. The first kappa shape index (κ1) is 14.7. The van der Waals surface area contributed by atoms with Crippen molar-refractivity contribution in [3.8, 4) is 11.8 Å². The van der Waals surface area contributed by atoms with E-state index in [0.29, 0.717) is 0 Å². The largest absolute Gasteiger partial charge is 0.237 e. The first-order chi connectivity index (χ1) is 11.3. The smallest absolute Gasteiger partial charge is 0.152 e. The summed E-state index contributed by atoms with van der Waals surface area (Å²) < 4.78 is 0. The fourth-order valence-electron chi connectivity index (χ4n) is 2.06. The van der Waals surface area contributed by atoms with E-state index in [-0.39, 0.29) is 0 Å². The Morgan fingerprint density at radius 3 is 2.17 bits per heavy atom. The molecule has 0 amide bonds. The maximum Gasteiger partial charge on any atom is 0.152 e. The molecule has 0 radical (unpaired) electrons. The number of aliphatic imine (C=N–C) groups is 1. The van der Waals surface area contributed by atoms with Crippen LogP contribution in [0.1, 0.15) is 22.4 Å². The molecule has 0 spiro atoms. The van der Waals surface area contributed by atoms with E-state index in [2.05, 4.69) is 21.8 Å². The summed E-state index contributed by atoms with van der Waals surface area (Å²) in [4.78, 5) is 8.74. The lowest BCUT2D eigenvalue weighted by Crippen LogP contribution is -1.84. The van der Waals surface area contributed by atoms with Crippen molar-refractivity contribution < 1.29 is 0 Å². The van der Waals surface area contributed by atoms with Crippen LogP contribution in [-0.4, -0.2) is 11.2 Å². The lowest BCUT2D eigenvalue weighted by molar-refractivity contribution is 1.18. The van der Waals surface area contributed by atoms with Crippen LogP contribution in [0, 0.1) is 18.8 Å². The van der Waals surface area contributed by atoms with E-state index in [1.807, 2.05) is 85.9 Å². The average molecular weight is 296 g/mol. The molecule has 0 atom stereocenters. The van der Waals surface area contributed by atoms with Gasteiger partial charge in [0.1, 0.15) is 0 Å². The van der Waals surface area contributed by atoms with Gasteiger partial charge in [-0.15, -0.1) is 0 Å². The predicted molar refractivity (Wildman–Crippen MR) is 95.1 cm³/mol. The van der Waals surface area contributed by atoms with Crippen molar-refractivity contribution in [2.45, 2.75) is 6.92 Å². The molecule has 2 heteroatoms. The Bertz CT molecular complexity index is 867. The molecule has 23 heavy (non-hydrogen) atoms. The third-order valence-corrected chi connectivity index (χ3v) is 3.26. The van der Waals surface area contributed by atoms with Crippen molar-refractivity contribution >= 4 is 12.0 Å². The van der Waals surface area contributed by atoms with Crippen LogP contribution in [0.3, 0.4) is 0 Å². The molecule has 0 N–H and O–H groups in total. The minimum Gasteiger partial charge on any atom is -0.237 e. The Kier molecular flexibility index (Phi) is 4.61. The van der Waals surface area contributed by atoms with Gasteiger partial charge >= 0.3 is 0 Å². The minimum absolute atomic E-state index is 0.720. The summed E-state index contributed by atoms with van der Waals surface area (Å²) in [5, 5.41) is 0. The number of benzene rings is 2. The Hall–Kier alpha value is -3.18. The topological polar surface area (TPSA) is 25.2 Å². The monoisotopic (exact) mass is 296 g/mol. The van der Waals surface area contributed by atoms with Gasteiger partial charge in [-0.1, -0.05) is 48.2 Å². The molecule has 0 aliphatic carbocycles. The van der Waals surface area contributed by atoms with Crippen LogP contribution in [-0.2, 0) is 0 Å². The number of nitrogens with zero attached hydrogens (tertiary/aromatic N) is 2. The van der Waals surface area contributed by atoms with Gasteiger partial charge < -0.3 is 0 Å². The second-order valence-electron chi connectivity index (χ2n) is 5.13. The number of rotatable bonds is 2. The summed E-state index contributed by atoms with van der Waals surface area (Å²) in [5.41, 5.74) is 3.99. The van der Waals surface area contributed by atoms with E-state index in [9.17, 15) is 0 Å². The molecule has 0 aliphatic heterocycles. The molecule has 3 rings (SSSR count). The first-order valence-corrected chi connectivity index (χ1v) is 7.44. The first-order valence-electron chi connectivity index (χ1n) is 7.44. The van der Waals surface area contributed by atoms with Gasteiger partial charge in [0.25, 0.3) is 0 Å². The van der Waals surface area contributed by atoms with Crippen LogP contribution in [0.2, 0.25) is 0 Å². The molecule has 0 unspecified atom stereocenters. The highest BCUT2D eigenvalue weighted by Gasteiger charge is 1.92. The van der Waals surface area contributed by atoms with Gasteiger partial charge in [0, 0.05) is 23.0 Å². The van der Waals surface area contributed by atoms with Gasteiger partial charge in [-0.25, -0.2) is 9.98 Å². The van der Waals surface area contributed by atoms with Crippen LogP contribution in [0.25, 0.3) is 0 Å². The van der Waals surface area contributed by atoms with Crippen molar-refractivity contribution in [1.82, 2.24) is 4.98 Å². The van der Waals surface area contributed by atoms with Gasteiger partial charge in [0.05, 0.1) is 0 Å². The number of aryl methyl sites for hydroxylation is 1. The molecule has 1 heterocycles. The fraction of sp³-hybridized carbons (Fsp3) is 0.0476. The molecule has 3 aromatic rings. The van der Waals surface area contributed by atoms with Crippen molar-refractivity contribution in [2.75, 3.05) is 0 Å². The summed E-state index contributed by atoms with van der Waals surface area (Å²) in [7, 11) is 0. The Balaban J connectivity index is 1.71. The van der Waals surface area contributed by atoms with Gasteiger partial charge in [-0.3, -0.25) is 0 Å². The van der Waals surface area contributed by atoms with Crippen molar-refractivity contribution in [3.63, 3.8) is 0 Å². The molecule has 1 aromatic heterocycles. The summed E-state index contributed by atoms with van der Waals surface area (Å²) in [6, 6.07) is 23.8. The SMILES string of the molecule is Cc1cccc(/N=C/c2ccc(C#Cc3ccccc3)cc2)n1. The van der Waals surface area contributed by atoms with E-state index in [1.165, 1.54) is 0 Å². The molecule has 2 nitrogen and oxygen atoms in total. The van der Waals surface area contributed by atoms with Gasteiger partial charge in [0.15, 0.2) is 5.82 Å². The Morgan fingerprint density at radius 1 is 0.783 bits per heavy atom. The van der Waals surface area contributed by atoms with Crippen molar-refractivity contribution in [1.29, 1.82) is 0 Å². The molecular weight excluding hydrogens is 280 g/mol. The van der Waals surface area contributed by atoms with E-state index in [4.69, 9.17) is 0 Å². The summed E-state index contributed by atoms with van der Waals surface area (Å²) in [5.74, 6) is 7.03. The average Bonchev–Trinajstić information content (AvgIpc) is 2.60. The third kappa shape index (κ3) is 4.39. The lowest BCUT2D eigenvalue weighted by atomic mass is 10.1. The molecule has 0 saturated carbocycles. The maximum absolute atomic E-state index is 4.39. The van der Waals surface area contributed by atoms with Crippen LogP contribution in [0.4, 0.5) is 5.82 Å². The number of aromatic nitrogens is 1. The van der Waals surface area contributed by atoms with Crippen LogP contribution < -0.4 is 0 Å². The van der Waals surface area contributed by atoms with Crippen LogP contribution in [0.15, 0.2) is 77.8 Å². The molecule has 2 aromatic carbocycles. The Morgan fingerprint density at radius 2 is 1.48 bits per heavy atom. The molecule has 0 fully saturated rings. The lowest BCUT2D eigenvalue weighted by Gasteiger charge is -1.96. The van der Waals surface area contributed by atoms with Crippen LogP contribution in [0.5, 0.6) is 0 Å². The van der Waals surface area contributed by atoms with Gasteiger partial charge in [0.2, 0.25) is 0 Å². The predicted octanol–water partition coefficient (Wildman–Crippen LogP) is 4.54. The summed E-state index contributed by atoms with van der Waals surface area (Å²) >= 11 is 0. The highest BCUT2D eigenvalue weighted by atomic mass is 14.9. The van der Waals surface area contributed by atoms with E-state index < -0.39 is 0 Å². The standard InChI is InChI=1S/C21H16N2/c1-17-6-5-9-21(23-17)22-16-20-14-12-19(13-15-20)11-10-18-7-3-2-4-8-18/h2-9,12-16H,1H3/b22-16+. The van der Waals surface area contributed by atoms with Crippen molar-refractivity contribution in [2.24, 2.45) is 4.99 Å². The number of hydrogen-bond donors (Lipinski definition) is 0. The Labute approximate surface area is 136 Å². The summed E-state index contributed by atoms with van der Waals surface area (Å²) in [6.45, 7) is 1.96. The minimum atomic E-state index is 0.720. The quantitative estimate of drug-likeness (QED) is 0.503. The molecular formula is C21H16N2. The second-order valence-corrected chi connectivity index (χ2v) is 5.13. The highest BCUT2D eigenvalue weighted by Crippen LogP contribution is 2.09. The zero-order valence-electron chi connectivity index (χ0n) is 12.9. The molecule has 0 aliphatic rings. The third-order valence-electron chi connectivity index (χ3n) is 3.26. The van der Waals surface area contributed by atoms with E-state index >= 15 is 0 Å². The molecule has 0 saturated heterocycles. The fourth-order valence-corrected chi connectivity index (χ4v) is 2.06. The van der Waals surface area contributed by atoms with Crippen LogP contribution >= 0.6 is 0 Å². The van der Waals surface area contributed by atoms with Crippen molar-refractivity contribution in [3.05, 3.63) is 95.2 Å². The number of pyridine rings is 1. The highest BCUT2D eigenvalue weighted by molar-refractivity contribution is 5.81.